The summed E-state index contributed by atoms with van der Waals surface area (Å²) < 4.78 is 9.93. The van der Waals surface area contributed by atoms with Gasteiger partial charge in [-0.3, -0.25) is 9.59 Å². The van der Waals surface area contributed by atoms with Crippen LogP contribution in [0.4, 0.5) is 0 Å². The molecule has 20 heavy (non-hydrogen) atoms. The maximum absolute atomic E-state index is 11.7. The molecule has 5 nitrogen and oxygen atoms in total. The summed E-state index contributed by atoms with van der Waals surface area (Å²) in [7, 11) is 0. The Bertz CT molecular complexity index is 484. The van der Waals surface area contributed by atoms with Gasteiger partial charge in [0.05, 0.1) is 6.10 Å². The van der Waals surface area contributed by atoms with Crippen LogP contribution in [0.3, 0.4) is 0 Å². The number of carbonyl (C=O) groups excluding carboxylic acids is 2. The van der Waals surface area contributed by atoms with Crippen LogP contribution in [-0.4, -0.2) is 23.1 Å². The van der Waals surface area contributed by atoms with Crippen LogP contribution >= 0.6 is 0 Å². The molecule has 107 valence electrons. The van der Waals surface area contributed by atoms with Crippen molar-refractivity contribution in [1.29, 1.82) is 0 Å². The van der Waals surface area contributed by atoms with Crippen LogP contribution in [0, 0.1) is 18.9 Å². The number of hydrogen-bond acceptors (Lipinski definition) is 5. The average Bonchev–Trinajstić information content (AvgIpc) is 2.32. The molecule has 0 spiro atoms. The van der Waals surface area contributed by atoms with Gasteiger partial charge in [0.25, 0.3) is 0 Å². The van der Waals surface area contributed by atoms with E-state index in [1.165, 1.54) is 19.1 Å². The number of hydrogen-bond donors (Lipinski definition) is 1. The topological polar surface area (TPSA) is 72.8 Å². The third-order valence-electron chi connectivity index (χ3n) is 2.36. The Hall–Kier alpha value is -0.936. The number of benzene rings is 1. The van der Waals surface area contributed by atoms with Gasteiger partial charge in [0.1, 0.15) is 0 Å². The summed E-state index contributed by atoms with van der Waals surface area (Å²) in [6.07, 6.45) is -0.287. The van der Waals surface area contributed by atoms with Crippen molar-refractivity contribution in [2.75, 3.05) is 0 Å². The molecule has 6 heteroatoms. The predicted octanol–water partition coefficient (Wildman–Crippen LogP) is 1.99. The zero-order valence-corrected chi connectivity index (χ0v) is 14.8. The number of rotatable bonds is 4. The van der Waals surface area contributed by atoms with E-state index in [2.05, 4.69) is 6.07 Å². The number of phenolic OH excluding ortho intramolecular Hbond substituents is 1. The van der Waals surface area contributed by atoms with Crippen molar-refractivity contribution < 1.29 is 56.9 Å². The summed E-state index contributed by atoms with van der Waals surface area (Å²) in [5.41, 5.74) is 0.461. The quantitative estimate of drug-likeness (QED) is 0.388. The van der Waals surface area contributed by atoms with E-state index in [1.807, 2.05) is 0 Å². The normalized spacial score (nSPS) is 11.4. The second-order valence-corrected chi connectivity index (χ2v) is 4.46. The number of aryl methyl sites for hydroxylation is 1. The molecule has 1 aromatic carbocycles. The minimum absolute atomic E-state index is 0. The van der Waals surface area contributed by atoms with Crippen molar-refractivity contribution in [1.82, 2.24) is 0 Å². The zero-order valence-electron chi connectivity index (χ0n) is 12.0. The van der Waals surface area contributed by atoms with E-state index in [4.69, 9.17) is 9.47 Å². The predicted molar refractivity (Wildman–Crippen MR) is 67.7 cm³/mol. The fourth-order valence-electron chi connectivity index (χ4n) is 1.26. The van der Waals surface area contributed by atoms with E-state index in [9.17, 15) is 14.7 Å². The van der Waals surface area contributed by atoms with E-state index in [0.29, 0.717) is 5.56 Å². The molecule has 0 aliphatic heterocycles. The molecule has 1 unspecified atom stereocenters. The molecule has 0 fully saturated rings. The van der Waals surface area contributed by atoms with Gasteiger partial charge in [-0.25, -0.2) is 0 Å². The molecular weight excluding hydrogens is 337 g/mol. The number of phenols is 1. The standard InChI is InChI=1S/C14H17O5.Y/c1-8(2)18-13(16)10(4)14(17)19-11-5-6-12(15)9(3)7-11;/h5-6,8,10,15H,1-4H3;/q-1;. The molecule has 0 aliphatic carbocycles. The minimum atomic E-state index is -1.01. The molecule has 1 rings (SSSR count). The summed E-state index contributed by atoms with van der Waals surface area (Å²) >= 11 is 0. The van der Waals surface area contributed by atoms with Gasteiger partial charge in [-0.15, -0.1) is 23.8 Å². The molecule has 1 aromatic rings. The first-order chi connectivity index (χ1) is 8.81. The molecule has 1 N–H and O–H groups in total. The van der Waals surface area contributed by atoms with Crippen LogP contribution in [-0.2, 0) is 47.0 Å². The molecule has 0 aliphatic rings. The third kappa shape index (κ3) is 5.59. The monoisotopic (exact) mass is 354 g/mol. The Labute approximate surface area is 143 Å². The zero-order chi connectivity index (χ0) is 14.6. The fraction of sp³-hybridized carbons (Fsp3) is 0.429. The van der Waals surface area contributed by atoms with E-state index in [-0.39, 0.29) is 50.3 Å². The van der Waals surface area contributed by atoms with E-state index in [1.54, 1.807) is 20.8 Å². The summed E-state index contributed by atoms with van der Waals surface area (Å²) in [5.74, 6) is -2.14. The molecule has 0 saturated heterocycles. The third-order valence-corrected chi connectivity index (χ3v) is 2.36. The maximum atomic E-state index is 11.7. The van der Waals surface area contributed by atoms with E-state index in [0.717, 1.165) is 0 Å². The second kappa shape index (κ2) is 8.37. The fourth-order valence-corrected chi connectivity index (χ4v) is 1.26. The summed E-state index contributed by atoms with van der Waals surface area (Å²) in [5, 5.41) is 9.33. The first-order valence-corrected chi connectivity index (χ1v) is 5.95. The largest absolute Gasteiger partial charge is 0.565 e. The molecule has 0 aromatic heterocycles. The van der Waals surface area contributed by atoms with Crippen molar-refractivity contribution in [3.8, 4) is 11.5 Å². The van der Waals surface area contributed by atoms with Gasteiger partial charge in [-0.2, -0.15) is 0 Å². The molecule has 0 bridgehead atoms. The Balaban J connectivity index is 0.00000361. The molecule has 1 radical (unpaired) electrons. The van der Waals surface area contributed by atoms with Crippen LogP contribution in [0.25, 0.3) is 0 Å². The van der Waals surface area contributed by atoms with Gasteiger partial charge < -0.3 is 14.6 Å². The molecule has 0 heterocycles. The summed E-state index contributed by atoms with van der Waals surface area (Å²) in [6.45, 7) is 6.45. The van der Waals surface area contributed by atoms with Gasteiger partial charge in [0.15, 0.2) is 5.92 Å². The molecule has 0 saturated carbocycles. The van der Waals surface area contributed by atoms with Crippen LogP contribution in [0.2, 0.25) is 0 Å². The Morgan fingerprint density at radius 3 is 2.30 bits per heavy atom. The van der Waals surface area contributed by atoms with Crippen LogP contribution < -0.4 is 4.74 Å². The Kier molecular flexibility index (Phi) is 7.98. The van der Waals surface area contributed by atoms with Crippen molar-refractivity contribution in [3.05, 3.63) is 23.8 Å². The van der Waals surface area contributed by atoms with Crippen LogP contribution in [0.1, 0.15) is 26.3 Å². The first kappa shape index (κ1) is 19.1. The van der Waals surface area contributed by atoms with Crippen molar-refractivity contribution in [3.63, 3.8) is 0 Å². The van der Waals surface area contributed by atoms with Crippen LogP contribution in [0.5, 0.6) is 11.5 Å². The van der Waals surface area contributed by atoms with Gasteiger partial charge in [0.2, 0.25) is 0 Å². The van der Waals surface area contributed by atoms with Crippen molar-refractivity contribution in [2.45, 2.75) is 33.8 Å². The maximum Gasteiger partial charge on any atom is 0.323 e. The Morgan fingerprint density at radius 2 is 1.80 bits per heavy atom. The second-order valence-electron chi connectivity index (χ2n) is 4.46. The number of esters is 2. The first-order valence-electron chi connectivity index (χ1n) is 5.95. The minimum Gasteiger partial charge on any atom is -0.565 e. The van der Waals surface area contributed by atoms with Gasteiger partial charge in [-0.1, -0.05) is 6.92 Å². The SMILES string of the molecule is Cc1[c-]c(OC(=O)C(C)C(=O)OC(C)C)ccc1O.[Y]. The molecular formula is C14H17O5Y-. The molecule has 1 atom stereocenters. The van der Waals surface area contributed by atoms with Crippen molar-refractivity contribution in [2.24, 2.45) is 5.92 Å². The number of carbonyl (C=O) groups is 2. The average molecular weight is 354 g/mol. The number of ether oxygens (including phenoxy) is 2. The smallest absolute Gasteiger partial charge is 0.323 e. The van der Waals surface area contributed by atoms with Gasteiger partial charge in [0, 0.05) is 44.2 Å². The Morgan fingerprint density at radius 1 is 1.20 bits per heavy atom. The van der Waals surface area contributed by atoms with Gasteiger partial charge in [-0.05, 0) is 20.8 Å². The van der Waals surface area contributed by atoms with Crippen LogP contribution in [0.15, 0.2) is 12.1 Å². The van der Waals surface area contributed by atoms with Crippen molar-refractivity contribution >= 4 is 11.9 Å². The van der Waals surface area contributed by atoms with E-state index >= 15 is 0 Å². The summed E-state index contributed by atoms with van der Waals surface area (Å²) in [6, 6.07) is 5.49. The number of aromatic hydroxyl groups is 1. The van der Waals surface area contributed by atoms with Gasteiger partial charge >= 0.3 is 11.9 Å². The van der Waals surface area contributed by atoms with E-state index < -0.39 is 17.9 Å². The molecule has 0 amide bonds. The summed E-state index contributed by atoms with van der Waals surface area (Å²) in [4.78, 5) is 23.3.